The van der Waals surface area contributed by atoms with Gasteiger partial charge in [-0.25, -0.2) is 0 Å². The number of hydrogen-bond acceptors (Lipinski definition) is 1. The minimum atomic E-state index is 0.974. The van der Waals surface area contributed by atoms with Crippen molar-refractivity contribution in [2.45, 2.75) is 6.92 Å². The van der Waals surface area contributed by atoms with Crippen LogP contribution in [0, 0.1) is 13.0 Å². The van der Waals surface area contributed by atoms with Gasteiger partial charge in [-0.15, -0.1) is 0 Å². The molecule has 2 heterocycles. The molecule has 3 rings (SSSR count). The number of pyridine rings is 1. The minimum absolute atomic E-state index is 0.974. The lowest BCUT2D eigenvalue weighted by molar-refractivity contribution is 1.25. The van der Waals surface area contributed by atoms with E-state index < -0.39 is 0 Å². The third-order valence-corrected chi connectivity index (χ3v) is 2.65. The molecule has 0 saturated carbocycles. The number of aromatic nitrogens is 2. The molecule has 0 aliphatic rings. The highest BCUT2D eigenvalue weighted by atomic mass is 14.8. The normalized spacial score (nSPS) is 10.8. The van der Waals surface area contributed by atoms with Gasteiger partial charge in [-0.1, -0.05) is 12.1 Å². The van der Waals surface area contributed by atoms with E-state index in [0.29, 0.717) is 0 Å². The van der Waals surface area contributed by atoms with Crippen molar-refractivity contribution in [2.75, 3.05) is 0 Å². The molecule has 1 N–H and O–H groups in total. The topological polar surface area (TPSA) is 28.7 Å². The van der Waals surface area contributed by atoms with Gasteiger partial charge in [0.25, 0.3) is 0 Å². The Balaban J connectivity index is 2.15. The number of benzene rings is 1. The zero-order valence-electron chi connectivity index (χ0n) is 8.99. The summed E-state index contributed by atoms with van der Waals surface area (Å²) in [5, 5.41) is 1.17. The molecule has 0 atom stereocenters. The molecule has 0 fully saturated rings. The zero-order chi connectivity index (χ0) is 11.0. The van der Waals surface area contributed by atoms with Crippen LogP contribution >= 0.6 is 0 Å². The van der Waals surface area contributed by atoms with Gasteiger partial charge in [-0.05, 0) is 42.8 Å². The Hall–Kier alpha value is -2.09. The van der Waals surface area contributed by atoms with Gasteiger partial charge < -0.3 is 4.98 Å². The summed E-state index contributed by atoms with van der Waals surface area (Å²) in [5.74, 6) is 0. The fourth-order valence-corrected chi connectivity index (χ4v) is 1.78. The first-order valence-electron chi connectivity index (χ1n) is 5.25. The molecule has 77 valence electrons. The Morgan fingerprint density at radius 3 is 2.94 bits per heavy atom. The first-order valence-corrected chi connectivity index (χ1v) is 5.25. The second-order valence-corrected chi connectivity index (χ2v) is 3.92. The molecule has 2 nitrogen and oxygen atoms in total. The number of hydrogen-bond donors (Lipinski definition) is 1. The number of nitrogens with one attached hydrogen (secondary N) is 1. The number of aryl methyl sites for hydroxylation is 1. The first-order chi connectivity index (χ1) is 7.83. The Morgan fingerprint density at radius 1 is 1.25 bits per heavy atom. The van der Waals surface area contributed by atoms with Crippen molar-refractivity contribution in [3.05, 3.63) is 54.2 Å². The molecule has 0 aliphatic heterocycles. The van der Waals surface area contributed by atoms with Gasteiger partial charge in [-0.2, -0.15) is 0 Å². The SMILES string of the molecule is Cc1ccc(-c2cc3c[c]ccc3[nH]2)nc1. The monoisotopic (exact) mass is 207 g/mol. The molecule has 16 heavy (non-hydrogen) atoms. The van der Waals surface area contributed by atoms with Crippen LogP contribution in [0.25, 0.3) is 22.3 Å². The van der Waals surface area contributed by atoms with Crippen LogP contribution in [0.4, 0.5) is 0 Å². The third-order valence-electron chi connectivity index (χ3n) is 2.65. The molecule has 2 aromatic heterocycles. The van der Waals surface area contributed by atoms with Gasteiger partial charge in [-0.3, -0.25) is 4.98 Å². The first kappa shape index (κ1) is 9.16. The number of nitrogens with zero attached hydrogens (tertiary/aromatic N) is 1. The summed E-state index contributed by atoms with van der Waals surface area (Å²) in [7, 11) is 0. The summed E-state index contributed by atoms with van der Waals surface area (Å²) in [6.07, 6.45) is 1.88. The highest BCUT2D eigenvalue weighted by molar-refractivity contribution is 5.84. The highest BCUT2D eigenvalue weighted by Crippen LogP contribution is 2.22. The molecule has 2 heteroatoms. The number of H-pyrrole nitrogens is 1. The highest BCUT2D eigenvalue weighted by Gasteiger charge is 2.03. The lowest BCUT2D eigenvalue weighted by Gasteiger charge is -1.96. The molecule has 0 aliphatic carbocycles. The van der Waals surface area contributed by atoms with Gasteiger partial charge in [0.15, 0.2) is 0 Å². The number of aromatic amines is 1. The maximum absolute atomic E-state index is 4.40. The summed E-state index contributed by atoms with van der Waals surface area (Å²) in [4.78, 5) is 7.75. The van der Waals surface area contributed by atoms with Crippen LogP contribution in [0.1, 0.15) is 5.56 Å². The number of rotatable bonds is 1. The maximum Gasteiger partial charge on any atom is 0.0864 e. The van der Waals surface area contributed by atoms with Crippen LogP contribution in [0.5, 0.6) is 0 Å². The largest absolute Gasteiger partial charge is 0.353 e. The van der Waals surface area contributed by atoms with Crippen LogP contribution in [0.15, 0.2) is 42.6 Å². The molecule has 0 bridgehead atoms. The van der Waals surface area contributed by atoms with Crippen molar-refractivity contribution < 1.29 is 0 Å². The molecule has 1 aromatic carbocycles. The van der Waals surface area contributed by atoms with Gasteiger partial charge in [0.1, 0.15) is 0 Å². The van der Waals surface area contributed by atoms with E-state index in [1.165, 1.54) is 10.9 Å². The molecule has 0 unspecified atom stereocenters. The molecule has 0 amide bonds. The van der Waals surface area contributed by atoms with Crippen LogP contribution in [-0.2, 0) is 0 Å². The Labute approximate surface area is 94.0 Å². The van der Waals surface area contributed by atoms with E-state index in [4.69, 9.17) is 0 Å². The lowest BCUT2D eigenvalue weighted by atomic mass is 10.2. The van der Waals surface area contributed by atoms with E-state index in [1.807, 2.05) is 37.4 Å². The standard InChI is InChI=1S/C14H11N2/c1-10-6-7-13(15-9-10)14-8-11-4-2-3-5-12(11)16-14/h3-9,16H,1H3. The van der Waals surface area contributed by atoms with Crippen molar-refractivity contribution >= 4 is 10.9 Å². The van der Waals surface area contributed by atoms with E-state index in [2.05, 4.69) is 28.2 Å². The van der Waals surface area contributed by atoms with Crippen molar-refractivity contribution in [1.29, 1.82) is 0 Å². The maximum atomic E-state index is 4.40. The van der Waals surface area contributed by atoms with Crippen LogP contribution < -0.4 is 0 Å². The van der Waals surface area contributed by atoms with Gasteiger partial charge in [0.05, 0.1) is 11.4 Å². The van der Waals surface area contributed by atoms with Crippen molar-refractivity contribution in [3.8, 4) is 11.4 Å². The number of fused-ring (bicyclic) bond motifs is 1. The van der Waals surface area contributed by atoms with Crippen LogP contribution in [0.2, 0.25) is 0 Å². The Bertz CT molecular complexity index is 588. The second kappa shape index (κ2) is 3.49. The van der Waals surface area contributed by atoms with E-state index in [1.54, 1.807) is 0 Å². The van der Waals surface area contributed by atoms with Gasteiger partial charge in [0, 0.05) is 17.1 Å². The van der Waals surface area contributed by atoms with Gasteiger partial charge >= 0.3 is 0 Å². The molecule has 0 saturated heterocycles. The molecular weight excluding hydrogens is 196 g/mol. The quantitative estimate of drug-likeness (QED) is 0.651. The summed E-state index contributed by atoms with van der Waals surface area (Å²) < 4.78 is 0. The van der Waals surface area contributed by atoms with Crippen LogP contribution in [-0.4, -0.2) is 9.97 Å². The Kier molecular flexibility index (Phi) is 2.00. The van der Waals surface area contributed by atoms with E-state index in [0.717, 1.165) is 16.9 Å². The van der Waals surface area contributed by atoms with Crippen molar-refractivity contribution in [3.63, 3.8) is 0 Å². The molecule has 0 spiro atoms. The van der Waals surface area contributed by atoms with E-state index in [-0.39, 0.29) is 0 Å². The van der Waals surface area contributed by atoms with E-state index >= 15 is 0 Å². The average molecular weight is 207 g/mol. The predicted octanol–water partition coefficient (Wildman–Crippen LogP) is 3.34. The fourth-order valence-electron chi connectivity index (χ4n) is 1.78. The summed E-state index contributed by atoms with van der Waals surface area (Å²) in [6.45, 7) is 2.04. The summed E-state index contributed by atoms with van der Waals surface area (Å²) >= 11 is 0. The fraction of sp³-hybridized carbons (Fsp3) is 0.0714. The smallest absolute Gasteiger partial charge is 0.0864 e. The second-order valence-electron chi connectivity index (χ2n) is 3.92. The summed E-state index contributed by atoms with van der Waals surface area (Å²) in [5.41, 5.74) is 4.32. The zero-order valence-corrected chi connectivity index (χ0v) is 8.99. The molecular formula is C14H11N2. The van der Waals surface area contributed by atoms with Crippen molar-refractivity contribution in [2.24, 2.45) is 0 Å². The molecule has 3 aromatic rings. The Morgan fingerprint density at radius 2 is 2.19 bits per heavy atom. The molecule has 1 radical (unpaired) electrons. The van der Waals surface area contributed by atoms with Gasteiger partial charge in [0.2, 0.25) is 0 Å². The summed E-state index contributed by atoms with van der Waals surface area (Å²) in [6, 6.07) is 15.2. The minimum Gasteiger partial charge on any atom is -0.353 e. The third kappa shape index (κ3) is 1.48. The predicted molar refractivity (Wildman–Crippen MR) is 65.1 cm³/mol. The van der Waals surface area contributed by atoms with E-state index in [9.17, 15) is 0 Å². The lowest BCUT2D eigenvalue weighted by Crippen LogP contribution is -1.83. The average Bonchev–Trinajstić information content (AvgIpc) is 2.73. The van der Waals surface area contributed by atoms with Crippen LogP contribution in [0.3, 0.4) is 0 Å². The van der Waals surface area contributed by atoms with Crippen molar-refractivity contribution in [1.82, 2.24) is 9.97 Å².